The fourth-order valence-electron chi connectivity index (χ4n) is 3.78. The highest BCUT2D eigenvalue weighted by atomic mass is 127. The van der Waals surface area contributed by atoms with Gasteiger partial charge in [0.25, 0.3) is 0 Å². The number of piperidine rings is 1. The lowest BCUT2D eigenvalue weighted by molar-refractivity contribution is 0.176. The van der Waals surface area contributed by atoms with E-state index in [9.17, 15) is 4.79 Å². The first-order chi connectivity index (χ1) is 11.1. The second-order valence-electron chi connectivity index (χ2n) is 7.23. The molecule has 2 aliphatic rings. The van der Waals surface area contributed by atoms with Gasteiger partial charge in [0.1, 0.15) is 11.8 Å². The summed E-state index contributed by atoms with van der Waals surface area (Å²) in [6, 6.07) is 4.35. The van der Waals surface area contributed by atoms with Crippen molar-refractivity contribution in [2.45, 2.75) is 45.1 Å². The number of rotatable bonds is 3. The zero-order valence-electron chi connectivity index (χ0n) is 13.5. The van der Waals surface area contributed by atoms with Crippen LogP contribution in [0.15, 0.2) is 27.6 Å². The van der Waals surface area contributed by atoms with Crippen molar-refractivity contribution in [2.75, 3.05) is 13.1 Å². The number of nitrogens with zero attached hydrogens (tertiary/aromatic N) is 1. The van der Waals surface area contributed by atoms with E-state index in [0.717, 1.165) is 30.0 Å². The van der Waals surface area contributed by atoms with Crippen LogP contribution in [0.3, 0.4) is 0 Å². The molecule has 23 heavy (non-hydrogen) atoms. The van der Waals surface area contributed by atoms with Crippen LogP contribution in [0.1, 0.15) is 49.7 Å². The molecule has 1 aliphatic carbocycles. The van der Waals surface area contributed by atoms with E-state index in [1.54, 1.807) is 6.26 Å². The highest BCUT2D eigenvalue weighted by Crippen LogP contribution is 2.43. The van der Waals surface area contributed by atoms with Gasteiger partial charge in [-0.05, 0) is 83.8 Å². The van der Waals surface area contributed by atoms with Crippen LogP contribution >= 0.6 is 22.6 Å². The van der Waals surface area contributed by atoms with Gasteiger partial charge in [-0.3, -0.25) is 9.69 Å². The average Bonchev–Trinajstić information content (AvgIpc) is 3.35. The van der Waals surface area contributed by atoms with E-state index < -0.39 is 0 Å². The largest absolute Gasteiger partial charge is 0.463 e. The van der Waals surface area contributed by atoms with Gasteiger partial charge < -0.3 is 4.42 Å². The van der Waals surface area contributed by atoms with Gasteiger partial charge in [0.2, 0.25) is 5.43 Å². The summed E-state index contributed by atoms with van der Waals surface area (Å²) in [6.07, 6.45) is 6.65. The molecule has 1 aliphatic heterocycles. The second kappa shape index (κ2) is 6.20. The van der Waals surface area contributed by atoms with Gasteiger partial charge in [0, 0.05) is 13.1 Å². The van der Waals surface area contributed by atoms with Crippen LogP contribution in [-0.2, 0) is 6.54 Å². The molecule has 1 aromatic heterocycles. The molecule has 4 rings (SSSR count). The molecular weight excluding hydrogens is 401 g/mol. The fourth-order valence-corrected chi connectivity index (χ4v) is 4.20. The molecule has 0 bridgehead atoms. The van der Waals surface area contributed by atoms with Gasteiger partial charge in [0.15, 0.2) is 0 Å². The minimum atomic E-state index is 0.114. The number of benzene rings is 1. The topological polar surface area (TPSA) is 33.5 Å². The molecule has 2 heterocycles. The third kappa shape index (κ3) is 3.20. The molecule has 0 radical (unpaired) electrons. The zero-order valence-corrected chi connectivity index (χ0v) is 15.6. The van der Waals surface area contributed by atoms with Crippen molar-refractivity contribution in [3.8, 4) is 0 Å². The number of likely N-dealkylation sites (tertiary alicyclic amines) is 1. The Kier molecular flexibility index (Phi) is 4.22. The van der Waals surface area contributed by atoms with Crippen LogP contribution in [0.25, 0.3) is 11.0 Å². The Bertz CT molecular complexity index is 794. The summed E-state index contributed by atoms with van der Waals surface area (Å²) >= 11 is 2.07. The average molecular weight is 423 g/mol. The predicted molar refractivity (Wildman–Crippen MR) is 101 cm³/mol. The first-order valence-electron chi connectivity index (χ1n) is 8.58. The van der Waals surface area contributed by atoms with Gasteiger partial charge in [-0.2, -0.15) is 0 Å². The number of halogens is 1. The monoisotopic (exact) mass is 423 g/mol. The molecule has 1 unspecified atom stereocenters. The van der Waals surface area contributed by atoms with E-state index in [0.29, 0.717) is 9.49 Å². The summed E-state index contributed by atoms with van der Waals surface area (Å²) in [7, 11) is 0. The normalized spacial score (nSPS) is 22.6. The second-order valence-corrected chi connectivity index (χ2v) is 8.39. The zero-order chi connectivity index (χ0) is 16.0. The van der Waals surface area contributed by atoms with Gasteiger partial charge in [-0.15, -0.1) is 0 Å². The van der Waals surface area contributed by atoms with Crippen LogP contribution in [0.4, 0.5) is 0 Å². The van der Waals surface area contributed by atoms with Crippen molar-refractivity contribution in [2.24, 2.45) is 5.92 Å². The highest BCUT2D eigenvalue weighted by Gasteiger charge is 2.28. The molecule has 0 amide bonds. The molecule has 4 heteroatoms. The molecule has 0 N–H and O–H groups in total. The predicted octanol–water partition coefficient (Wildman–Crippen LogP) is 4.51. The van der Waals surface area contributed by atoms with Gasteiger partial charge in [-0.25, -0.2) is 0 Å². The fraction of sp³-hybridized carbons (Fsp3) is 0.526. The molecule has 3 nitrogen and oxygen atoms in total. The molecule has 1 saturated heterocycles. The van der Waals surface area contributed by atoms with Crippen molar-refractivity contribution in [1.29, 1.82) is 0 Å². The van der Waals surface area contributed by atoms with E-state index in [1.165, 1.54) is 43.4 Å². The smallest absolute Gasteiger partial charge is 0.206 e. The Morgan fingerprint density at radius 2 is 2.13 bits per heavy atom. The summed E-state index contributed by atoms with van der Waals surface area (Å²) in [4.78, 5) is 15.1. The molecule has 1 saturated carbocycles. The standard InChI is InChI=1S/C19H22INO2/c1-12-3-2-6-21(9-12)10-13-7-15(14-4-5-14)19-16(8-13)18(22)17(20)11-23-19/h7-8,11-12,14H,2-6,9-10H2,1H3. The number of fused-ring (bicyclic) bond motifs is 1. The maximum absolute atomic E-state index is 12.5. The lowest BCUT2D eigenvalue weighted by atomic mass is 9.98. The summed E-state index contributed by atoms with van der Waals surface area (Å²) in [6.45, 7) is 5.61. The molecule has 122 valence electrons. The third-order valence-corrected chi connectivity index (χ3v) is 5.83. The van der Waals surface area contributed by atoms with Gasteiger partial charge in [-0.1, -0.05) is 13.0 Å². The minimum absolute atomic E-state index is 0.114. The summed E-state index contributed by atoms with van der Waals surface area (Å²) < 4.78 is 6.46. The SMILES string of the molecule is CC1CCCN(Cc2cc(C3CC3)c3occ(I)c(=O)c3c2)C1. The molecule has 1 atom stereocenters. The Balaban J connectivity index is 1.74. The quantitative estimate of drug-likeness (QED) is 0.682. The Labute approximate surface area is 150 Å². The lowest BCUT2D eigenvalue weighted by Gasteiger charge is -2.31. The van der Waals surface area contributed by atoms with Crippen LogP contribution in [-0.4, -0.2) is 18.0 Å². The van der Waals surface area contributed by atoms with E-state index >= 15 is 0 Å². The number of hydrogen-bond donors (Lipinski definition) is 0. The first-order valence-corrected chi connectivity index (χ1v) is 9.66. The molecule has 2 fully saturated rings. The van der Waals surface area contributed by atoms with Gasteiger partial charge >= 0.3 is 0 Å². The van der Waals surface area contributed by atoms with E-state index in [2.05, 4.69) is 46.5 Å². The van der Waals surface area contributed by atoms with Crippen molar-refractivity contribution in [3.05, 3.63) is 43.3 Å². The van der Waals surface area contributed by atoms with E-state index in [4.69, 9.17) is 4.42 Å². The van der Waals surface area contributed by atoms with Crippen molar-refractivity contribution < 1.29 is 4.42 Å². The van der Waals surface area contributed by atoms with Crippen LogP contribution < -0.4 is 5.43 Å². The Morgan fingerprint density at radius 3 is 2.87 bits per heavy atom. The van der Waals surface area contributed by atoms with E-state index in [-0.39, 0.29) is 5.43 Å². The van der Waals surface area contributed by atoms with Crippen LogP contribution in [0.5, 0.6) is 0 Å². The summed E-state index contributed by atoms with van der Waals surface area (Å²) in [5.41, 5.74) is 3.44. The molecule has 2 aromatic rings. The lowest BCUT2D eigenvalue weighted by Crippen LogP contribution is -2.33. The highest BCUT2D eigenvalue weighted by molar-refractivity contribution is 14.1. The third-order valence-electron chi connectivity index (χ3n) is 5.08. The van der Waals surface area contributed by atoms with E-state index in [1.807, 2.05) is 0 Å². The summed E-state index contributed by atoms with van der Waals surface area (Å²) in [5, 5.41) is 0.765. The van der Waals surface area contributed by atoms with Crippen molar-refractivity contribution in [3.63, 3.8) is 0 Å². The van der Waals surface area contributed by atoms with Crippen LogP contribution in [0, 0.1) is 9.49 Å². The molecule has 0 spiro atoms. The van der Waals surface area contributed by atoms with Gasteiger partial charge in [0.05, 0.1) is 8.96 Å². The summed E-state index contributed by atoms with van der Waals surface area (Å²) in [5.74, 6) is 1.36. The number of hydrogen-bond acceptors (Lipinski definition) is 3. The Hall–Kier alpha value is -0.880. The molecular formula is C19H22INO2. The van der Waals surface area contributed by atoms with Crippen LogP contribution in [0.2, 0.25) is 0 Å². The van der Waals surface area contributed by atoms with Crippen molar-refractivity contribution >= 4 is 33.6 Å². The molecule has 1 aromatic carbocycles. The maximum atomic E-state index is 12.5. The first kappa shape index (κ1) is 15.6. The van der Waals surface area contributed by atoms with Crippen molar-refractivity contribution in [1.82, 2.24) is 4.90 Å². The Morgan fingerprint density at radius 1 is 1.30 bits per heavy atom. The minimum Gasteiger partial charge on any atom is -0.463 e. The maximum Gasteiger partial charge on any atom is 0.206 e.